The van der Waals surface area contributed by atoms with Crippen LogP contribution >= 0.6 is 34.2 Å². The molecule has 0 radical (unpaired) electrons. The first-order valence-corrected chi connectivity index (χ1v) is 7.91. The first-order valence-electron chi connectivity index (χ1n) is 6.46. The number of hydrogen-bond donors (Lipinski definition) is 2. The quantitative estimate of drug-likeness (QED) is 0.609. The van der Waals surface area contributed by atoms with Gasteiger partial charge in [0.15, 0.2) is 5.82 Å². The number of hydrogen-bond acceptors (Lipinski definition) is 4. The molecule has 0 aliphatic rings. The van der Waals surface area contributed by atoms with Crippen molar-refractivity contribution in [1.29, 1.82) is 0 Å². The number of amides is 1. The Kier molecular flexibility index (Phi) is 4.49. The van der Waals surface area contributed by atoms with Gasteiger partial charge in [0.2, 0.25) is 0 Å². The molecule has 0 saturated carbocycles. The molecule has 0 bridgehead atoms. The SMILES string of the molecule is O=C(Nc1cccc(-c2noc(=O)[nH]2)c1)c1cc(Cl)ccc1I. The van der Waals surface area contributed by atoms with E-state index >= 15 is 0 Å². The Bertz CT molecular complexity index is 935. The number of nitrogens with one attached hydrogen (secondary N) is 2. The van der Waals surface area contributed by atoms with Crippen LogP contribution in [0.5, 0.6) is 0 Å². The van der Waals surface area contributed by atoms with Crippen LogP contribution in [0.4, 0.5) is 5.69 Å². The predicted octanol–water partition coefficient (Wildman–Crippen LogP) is 3.54. The summed E-state index contributed by atoms with van der Waals surface area (Å²) in [5.74, 6) is -0.617. The summed E-state index contributed by atoms with van der Waals surface area (Å²) in [7, 11) is 0. The number of aromatic amines is 1. The van der Waals surface area contributed by atoms with Gasteiger partial charge in [0.1, 0.15) is 0 Å². The van der Waals surface area contributed by atoms with Crippen molar-refractivity contribution in [2.75, 3.05) is 5.32 Å². The first kappa shape index (κ1) is 15.8. The molecule has 0 atom stereocenters. The van der Waals surface area contributed by atoms with Gasteiger partial charge in [0.25, 0.3) is 5.91 Å². The Labute approximate surface area is 149 Å². The zero-order valence-corrected chi connectivity index (χ0v) is 14.4. The van der Waals surface area contributed by atoms with Crippen LogP contribution < -0.4 is 11.1 Å². The highest BCUT2D eigenvalue weighted by molar-refractivity contribution is 14.1. The molecule has 23 heavy (non-hydrogen) atoms. The zero-order chi connectivity index (χ0) is 16.4. The molecule has 2 N–H and O–H groups in total. The van der Waals surface area contributed by atoms with Crippen molar-refractivity contribution >= 4 is 45.8 Å². The maximum Gasteiger partial charge on any atom is 0.439 e. The summed E-state index contributed by atoms with van der Waals surface area (Å²) in [6.07, 6.45) is 0. The molecule has 0 fully saturated rings. The van der Waals surface area contributed by atoms with Gasteiger partial charge in [-0.05, 0) is 52.9 Å². The van der Waals surface area contributed by atoms with E-state index in [1.807, 2.05) is 0 Å². The summed E-state index contributed by atoms with van der Waals surface area (Å²) in [6, 6.07) is 12.0. The minimum absolute atomic E-state index is 0.275. The second-order valence-electron chi connectivity index (χ2n) is 4.60. The number of halogens is 2. The van der Waals surface area contributed by atoms with Gasteiger partial charge >= 0.3 is 5.76 Å². The lowest BCUT2D eigenvalue weighted by atomic mass is 10.1. The third kappa shape index (κ3) is 3.62. The molecule has 0 aliphatic heterocycles. The van der Waals surface area contributed by atoms with Crippen molar-refractivity contribution in [3.8, 4) is 11.4 Å². The highest BCUT2D eigenvalue weighted by Gasteiger charge is 2.12. The molecule has 1 aromatic heterocycles. The maximum atomic E-state index is 12.4. The van der Waals surface area contributed by atoms with Crippen molar-refractivity contribution in [2.24, 2.45) is 0 Å². The Hall–Kier alpha value is -2.13. The fourth-order valence-electron chi connectivity index (χ4n) is 1.97. The summed E-state index contributed by atoms with van der Waals surface area (Å²) in [5.41, 5.74) is 1.67. The molecule has 0 aliphatic carbocycles. The summed E-state index contributed by atoms with van der Waals surface area (Å²) in [5, 5.41) is 6.90. The van der Waals surface area contributed by atoms with Crippen molar-refractivity contribution in [1.82, 2.24) is 10.1 Å². The van der Waals surface area contributed by atoms with E-state index in [1.54, 1.807) is 42.5 Å². The molecule has 1 heterocycles. The molecular weight excluding hydrogens is 433 g/mol. The number of carbonyl (C=O) groups is 1. The van der Waals surface area contributed by atoms with E-state index < -0.39 is 5.76 Å². The van der Waals surface area contributed by atoms with Crippen LogP contribution in [-0.4, -0.2) is 16.0 Å². The fourth-order valence-corrected chi connectivity index (χ4v) is 2.72. The monoisotopic (exact) mass is 441 g/mol. The number of rotatable bonds is 3. The van der Waals surface area contributed by atoms with E-state index in [-0.39, 0.29) is 5.91 Å². The van der Waals surface area contributed by atoms with Crippen molar-refractivity contribution in [3.05, 3.63) is 67.2 Å². The average Bonchev–Trinajstić information content (AvgIpc) is 2.96. The van der Waals surface area contributed by atoms with Crippen LogP contribution in [0.1, 0.15) is 10.4 Å². The third-order valence-electron chi connectivity index (χ3n) is 3.01. The number of H-pyrrole nitrogens is 1. The lowest BCUT2D eigenvalue weighted by Gasteiger charge is -2.08. The average molecular weight is 442 g/mol. The molecule has 1 amide bonds. The number of aromatic nitrogens is 2. The van der Waals surface area contributed by atoms with Crippen LogP contribution in [0.25, 0.3) is 11.4 Å². The van der Waals surface area contributed by atoms with Gasteiger partial charge in [-0.2, -0.15) is 0 Å². The Morgan fingerprint density at radius 1 is 1.26 bits per heavy atom. The van der Waals surface area contributed by atoms with Crippen LogP contribution in [0.15, 0.2) is 51.8 Å². The van der Waals surface area contributed by atoms with Gasteiger partial charge in [-0.25, -0.2) is 4.79 Å². The topological polar surface area (TPSA) is 88.0 Å². The van der Waals surface area contributed by atoms with Crippen molar-refractivity contribution < 1.29 is 9.32 Å². The molecule has 116 valence electrons. The van der Waals surface area contributed by atoms with E-state index in [9.17, 15) is 9.59 Å². The van der Waals surface area contributed by atoms with Crippen LogP contribution in [-0.2, 0) is 0 Å². The lowest BCUT2D eigenvalue weighted by molar-refractivity contribution is 0.102. The third-order valence-corrected chi connectivity index (χ3v) is 4.18. The van der Waals surface area contributed by atoms with E-state index in [2.05, 4.69) is 42.6 Å². The molecule has 6 nitrogen and oxygen atoms in total. The largest absolute Gasteiger partial charge is 0.439 e. The molecule has 2 aromatic carbocycles. The predicted molar refractivity (Wildman–Crippen MR) is 94.7 cm³/mol. The molecule has 0 unspecified atom stereocenters. The van der Waals surface area contributed by atoms with Gasteiger partial charge in [-0.1, -0.05) is 28.9 Å². The van der Waals surface area contributed by atoms with Crippen molar-refractivity contribution in [2.45, 2.75) is 0 Å². The Morgan fingerprint density at radius 3 is 2.83 bits per heavy atom. The Balaban J connectivity index is 1.87. The first-order chi connectivity index (χ1) is 11.0. The van der Waals surface area contributed by atoms with E-state index in [4.69, 9.17) is 11.6 Å². The minimum atomic E-state index is -0.636. The molecular formula is C15H9ClIN3O3. The van der Waals surface area contributed by atoms with E-state index in [0.717, 1.165) is 3.57 Å². The van der Waals surface area contributed by atoms with Crippen LogP contribution in [0.2, 0.25) is 5.02 Å². The maximum absolute atomic E-state index is 12.4. The number of carbonyl (C=O) groups excluding carboxylic acids is 1. The highest BCUT2D eigenvalue weighted by atomic mass is 127. The smallest absolute Gasteiger partial charge is 0.322 e. The lowest BCUT2D eigenvalue weighted by Crippen LogP contribution is -2.13. The molecule has 3 rings (SSSR count). The van der Waals surface area contributed by atoms with Crippen LogP contribution in [0.3, 0.4) is 0 Å². The summed E-state index contributed by atoms with van der Waals surface area (Å²) in [4.78, 5) is 25.8. The normalized spacial score (nSPS) is 10.5. The number of benzene rings is 2. The van der Waals surface area contributed by atoms with Gasteiger partial charge in [0.05, 0.1) is 5.56 Å². The highest BCUT2D eigenvalue weighted by Crippen LogP contribution is 2.22. The molecule has 0 spiro atoms. The minimum Gasteiger partial charge on any atom is -0.322 e. The zero-order valence-electron chi connectivity index (χ0n) is 11.5. The Morgan fingerprint density at radius 2 is 2.09 bits per heavy atom. The van der Waals surface area contributed by atoms with E-state index in [0.29, 0.717) is 27.7 Å². The van der Waals surface area contributed by atoms with E-state index in [1.165, 1.54) is 0 Å². The van der Waals surface area contributed by atoms with Crippen molar-refractivity contribution in [3.63, 3.8) is 0 Å². The summed E-state index contributed by atoms with van der Waals surface area (Å²) in [6.45, 7) is 0. The molecule has 0 saturated heterocycles. The van der Waals surface area contributed by atoms with Gasteiger partial charge < -0.3 is 5.32 Å². The number of anilines is 1. The molecule has 3 aromatic rings. The second-order valence-corrected chi connectivity index (χ2v) is 6.20. The molecule has 8 heteroatoms. The van der Waals surface area contributed by atoms with Crippen LogP contribution in [0, 0.1) is 3.57 Å². The fraction of sp³-hybridized carbons (Fsp3) is 0. The summed E-state index contributed by atoms with van der Waals surface area (Å²) < 4.78 is 5.27. The van der Waals surface area contributed by atoms with Gasteiger partial charge in [0, 0.05) is 19.8 Å². The van der Waals surface area contributed by atoms with Gasteiger partial charge in [-0.15, -0.1) is 0 Å². The second kappa shape index (κ2) is 6.55. The van der Waals surface area contributed by atoms with Gasteiger partial charge in [-0.3, -0.25) is 14.3 Å². The number of nitrogens with zero attached hydrogens (tertiary/aromatic N) is 1. The standard InChI is InChI=1S/C15H9ClIN3O3/c16-9-4-5-12(17)11(7-9)14(21)18-10-3-1-2-8(6-10)13-19-15(22)23-20-13/h1-7H,(H,18,21)(H,19,20,22). The summed E-state index contributed by atoms with van der Waals surface area (Å²) >= 11 is 8.01.